The van der Waals surface area contributed by atoms with Crippen LogP contribution in [0.5, 0.6) is 0 Å². The number of amides is 2. The van der Waals surface area contributed by atoms with Crippen LogP contribution in [0, 0.1) is 17.6 Å². The molecular weight excluding hydrogens is 320 g/mol. The molecule has 122 valence electrons. The largest absolute Gasteiger partial charge is 0.510 e. The second kappa shape index (κ2) is 6.15. The quantitative estimate of drug-likeness (QED) is 0.824. The summed E-state index contributed by atoms with van der Waals surface area (Å²) < 4.78 is 26.4. The zero-order valence-electron chi connectivity index (χ0n) is 12.2. The van der Waals surface area contributed by atoms with E-state index >= 15 is 0 Å². The fourth-order valence-electron chi connectivity index (χ4n) is 2.33. The van der Waals surface area contributed by atoms with Gasteiger partial charge in [-0.25, -0.2) is 13.8 Å². The van der Waals surface area contributed by atoms with Crippen LogP contribution < -0.4 is 5.32 Å². The number of benzene rings is 1. The summed E-state index contributed by atoms with van der Waals surface area (Å²) in [6.45, 7) is -0.274. The van der Waals surface area contributed by atoms with Crippen molar-refractivity contribution in [2.75, 3.05) is 0 Å². The van der Waals surface area contributed by atoms with Gasteiger partial charge >= 0.3 is 0 Å². The van der Waals surface area contributed by atoms with Crippen LogP contribution in [-0.2, 0) is 16.1 Å². The van der Waals surface area contributed by atoms with Crippen LogP contribution in [0.2, 0.25) is 0 Å². The van der Waals surface area contributed by atoms with Crippen LogP contribution in [0.1, 0.15) is 5.56 Å². The molecule has 0 radical (unpaired) electrons. The van der Waals surface area contributed by atoms with Gasteiger partial charge in [0.25, 0.3) is 11.8 Å². The number of aliphatic hydroxyl groups is 1. The topological polar surface area (TPSA) is 91.1 Å². The Balaban J connectivity index is 1.78. The first kappa shape index (κ1) is 15.7. The van der Waals surface area contributed by atoms with Crippen LogP contribution in [0.3, 0.4) is 0 Å². The lowest BCUT2D eigenvalue weighted by molar-refractivity contribution is -0.122. The van der Waals surface area contributed by atoms with Crippen molar-refractivity contribution in [1.29, 1.82) is 0 Å². The summed E-state index contributed by atoms with van der Waals surface area (Å²) in [7, 11) is 0. The van der Waals surface area contributed by atoms with E-state index < -0.39 is 40.7 Å². The highest BCUT2D eigenvalue weighted by molar-refractivity contribution is 6.24. The van der Waals surface area contributed by atoms with E-state index in [0.29, 0.717) is 6.07 Å². The van der Waals surface area contributed by atoms with E-state index in [0.717, 1.165) is 6.07 Å². The second-order valence-electron chi connectivity index (χ2n) is 5.09. The van der Waals surface area contributed by atoms with E-state index in [9.17, 15) is 23.5 Å². The van der Waals surface area contributed by atoms with Gasteiger partial charge in [0.1, 0.15) is 28.8 Å². The molecule has 3 rings (SSSR count). The molecule has 0 aromatic heterocycles. The third kappa shape index (κ3) is 2.85. The van der Waals surface area contributed by atoms with Gasteiger partial charge in [-0.2, -0.15) is 4.99 Å². The second-order valence-corrected chi connectivity index (χ2v) is 5.09. The van der Waals surface area contributed by atoms with Crippen molar-refractivity contribution >= 4 is 23.9 Å². The molecule has 1 unspecified atom stereocenters. The lowest BCUT2D eigenvalue weighted by atomic mass is 9.96. The smallest absolute Gasteiger partial charge is 0.287 e. The van der Waals surface area contributed by atoms with Crippen LogP contribution in [0.4, 0.5) is 8.78 Å². The molecule has 2 aliphatic heterocycles. The summed E-state index contributed by atoms with van der Waals surface area (Å²) in [4.78, 5) is 31.6. The van der Waals surface area contributed by atoms with E-state index in [4.69, 9.17) is 0 Å². The van der Waals surface area contributed by atoms with Crippen molar-refractivity contribution in [3.05, 3.63) is 58.9 Å². The van der Waals surface area contributed by atoms with E-state index in [1.165, 1.54) is 12.3 Å². The fourth-order valence-corrected chi connectivity index (χ4v) is 2.33. The zero-order chi connectivity index (χ0) is 17.3. The van der Waals surface area contributed by atoms with Crippen molar-refractivity contribution in [3.63, 3.8) is 0 Å². The molecule has 1 aromatic carbocycles. The summed E-state index contributed by atoms with van der Waals surface area (Å²) in [5.74, 6) is -4.52. The number of allylic oxidation sites excluding steroid dienone is 1. The van der Waals surface area contributed by atoms with Crippen LogP contribution in [-0.4, -0.2) is 29.0 Å². The molecule has 1 aromatic rings. The average molecular weight is 331 g/mol. The number of aliphatic hydroxyl groups excluding tert-OH is 1. The predicted octanol–water partition coefficient (Wildman–Crippen LogP) is 1.59. The molecule has 24 heavy (non-hydrogen) atoms. The lowest BCUT2D eigenvalue weighted by Crippen LogP contribution is -2.34. The van der Waals surface area contributed by atoms with Crippen LogP contribution in [0.25, 0.3) is 0 Å². The number of nitrogens with zero attached hydrogens (tertiary/aromatic N) is 2. The maximum Gasteiger partial charge on any atom is 0.287 e. The summed E-state index contributed by atoms with van der Waals surface area (Å²) in [5, 5.41) is 12.5. The normalized spacial score (nSPS) is 19.2. The van der Waals surface area contributed by atoms with Crippen LogP contribution in [0.15, 0.2) is 51.7 Å². The van der Waals surface area contributed by atoms with Crippen molar-refractivity contribution in [2.45, 2.75) is 6.54 Å². The van der Waals surface area contributed by atoms with Crippen molar-refractivity contribution < 1.29 is 23.5 Å². The number of carbonyl (C=O) groups excluding carboxylic acids is 2. The molecule has 0 aliphatic carbocycles. The number of dihydropyridines is 2. The minimum Gasteiger partial charge on any atom is -0.510 e. The SMILES string of the molecule is O=C1N=C2N=CC=CC2C(O)=C1C(=O)NCc1ccc(F)cc1F. The number of fused-ring (bicyclic) bond motifs is 1. The first-order valence-electron chi connectivity index (χ1n) is 6.96. The molecular formula is C16H11F2N3O3. The molecule has 2 N–H and O–H groups in total. The highest BCUT2D eigenvalue weighted by Gasteiger charge is 2.34. The van der Waals surface area contributed by atoms with Gasteiger partial charge in [-0.15, -0.1) is 0 Å². The number of nitrogens with one attached hydrogen (secondary N) is 1. The molecule has 0 fully saturated rings. The van der Waals surface area contributed by atoms with E-state index in [1.54, 1.807) is 12.2 Å². The number of hydrogen-bond acceptors (Lipinski definition) is 4. The predicted molar refractivity (Wildman–Crippen MR) is 81.4 cm³/mol. The highest BCUT2D eigenvalue weighted by atomic mass is 19.1. The molecule has 6 nitrogen and oxygen atoms in total. The van der Waals surface area contributed by atoms with Crippen LogP contribution >= 0.6 is 0 Å². The van der Waals surface area contributed by atoms with Gasteiger partial charge in [0.2, 0.25) is 0 Å². The summed E-state index contributed by atoms with van der Waals surface area (Å²) in [6, 6.07) is 2.91. The Bertz CT molecular complexity index is 856. The number of rotatable bonds is 3. The maximum atomic E-state index is 13.6. The van der Waals surface area contributed by atoms with Gasteiger partial charge in [-0.1, -0.05) is 12.1 Å². The van der Waals surface area contributed by atoms with Crippen molar-refractivity contribution in [3.8, 4) is 0 Å². The van der Waals surface area contributed by atoms with E-state index in [-0.39, 0.29) is 17.9 Å². The number of carbonyl (C=O) groups is 2. The summed E-state index contributed by atoms with van der Waals surface area (Å²) >= 11 is 0. The van der Waals surface area contributed by atoms with Gasteiger partial charge in [0, 0.05) is 24.4 Å². The highest BCUT2D eigenvalue weighted by Crippen LogP contribution is 2.25. The minimum atomic E-state index is -0.928. The molecule has 2 amide bonds. The summed E-state index contributed by atoms with van der Waals surface area (Å²) in [5.41, 5.74) is -0.479. The number of aliphatic imine (C=N–C) groups is 2. The molecule has 2 heterocycles. The van der Waals surface area contributed by atoms with Crippen molar-refractivity contribution in [1.82, 2.24) is 5.32 Å². The molecule has 0 bridgehead atoms. The fraction of sp³-hybridized carbons (Fsp3) is 0.125. The van der Waals surface area contributed by atoms with Gasteiger partial charge in [0.15, 0.2) is 0 Å². The first-order valence-corrected chi connectivity index (χ1v) is 6.96. The molecule has 8 heteroatoms. The lowest BCUT2D eigenvalue weighted by Gasteiger charge is -2.20. The Morgan fingerprint density at radius 1 is 1.33 bits per heavy atom. The van der Waals surface area contributed by atoms with Gasteiger partial charge in [-0.05, 0) is 12.1 Å². The standard InChI is InChI=1S/C16H11F2N3O3/c17-9-4-3-8(11(18)6-9)7-20-15(23)12-13(22)10-2-1-5-19-14(10)21-16(12)24/h1-6,10,22H,7H2,(H,20,23). The van der Waals surface area contributed by atoms with E-state index in [1.807, 2.05) is 0 Å². The molecule has 0 saturated carbocycles. The monoisotopic (exact) mass is 331 g/mol. The summed E-state index contributed by atoms with van der Waals surface area (Å²) in [6.07, 6.45) is 4.51. The Morgan fingerprint density at radius 3 is 2.88 bits per heavy atom. The number of halogens is 2. The molecule has 1 atom stereocenters. The maximum absolute atomic E-state index is 13.6. The Morgan fingerprint density at radius 2 is 2.12 bits per heavy atom. The third-order valence-corrected chi connectivity index (χ3v) is 3.54. The Labute approximate surface area is 134 Å². The van der Waals surface area contributed by atoms with Gasteiger partial charge in [-0.3, -0.25) is 9.59 Å². The van der Waals surface area contributed by atoms with E-state index in [2.05, 4.69) is 15.3 Å². The Hall–Kier alpha value is -3.16. The molecule has 0 saturated heterocycles. The molecule has 0 spiro atoms. The van der Waals surface area contributed by atoms with Gasteiger partial charge < -0.3 is 10.4 Å². The first-order chi connectivity index (χ1) is 11.5. The third-order valence-electron chi connectivity index (χ3n) is 3.54. The number of amidine groups is 1. The molecule has 2 aliphatic rings. The zero-order valence-corrected chi connectivity index (χ0v) is 12.2. The Kier molecular flexibility index (Phi) is 4.03. The average Bonchev–Trinajstić information content (AvgIpc) is 2.54. The van der Waals surface area contributed by atoms with Gasteiger partial charge in [0.05, 0.1) is 5.92 Å². The van der Waals surface area contributed by atoms with Crippen molar-refractivity contribution in [2.24, 2.45) is 15.9 Å². The minimum absolute atomic E-state index is 0.0412. The number of hydrogen-bond donors (Lipinski definition) is 2.